The van der Waals surface area contributed by atoms with Gasteiger partial charge < -0.3 is 23.3 Å². The smallest absolute Gasteiger partial charge is 0.411 e. The first kappa shape index (κ1) is 26.1. The van der Waals surface area contributed by atoms with Gasteiger partial charge in [0.1, 0.15) is 11.9 Å². The molecule has 9 nitrogen and oxygen atoms in total. The second-order valence-corrected chi connectivity index (χ2v) is 11.7. The fourth-order valence-corrected chi connectivity index (χ4v) is 5.79. The molecular formula is C32H36N4O5. The third-order valence-electron chi connectivity index (χ3n) is 8.23. The van der Waals surface area contributed by atoms with Crippen molar-refractivity contribution in [2.45, 2.75) is 83.0 Å². The second-order valence-electron chi connectivity index (χ2n) is 11.7. The highest BCUT2D eigenvalue weighted by Crippen LogP contribution is 2.48. The summed E-state index contributed by atoms with van der Waals surface area (Å²) in [7, 11) is 0. The van der Waals surface area contributed by atoms with E-state index in [9.17, 15) is 4.79 Å². The van der Waals surface area contributed by atoms with E-state index >= 15 is 0 Å². The molecule has 0 atom stereocenters. The van der Waals surface area contributed by atoms with Crippen molar-refractivity contribution in [3.8, 4) is 28.5 Å². The fourth-order valence-electron chi connectivity index (χ4n) is 5.79. The molecule has 2 aromatic carbocycles. The van der Waals surface area contributed by atoms with Crippen LogP contribution in [0.3, 0.4) is 0 Å². The fraction of sp³-hybridized carbons (Fsp3) is 0.469. The number of benzene rings is 2. The van der Waals surface area contributed by atoms with Crippen molar-refractivity contribution in [1.82, 2.24) is 14.7 Å². The minimum absolute atomic E-state index is 0.159. The maximum atomic E-state index is 12.2. The highest BCUT2D eigenvalue weighted by atomic mass is 16.6. The van der Waals surface area contributed by atoms with Crippen LogP contribution < -0.4 is 10.1 Å². The molecule has 2 aliphatic carbocycles. The lowest BCUT2D eigenvalue weighted by Crippen LogP contribution is -2.25. The highest BCUT2D eigenvalue weighted by Gasteiger charge is 2.33. The molecule has 3 fully saturated rings. The van der Waals surface area contributed by atoms with E-state index < -0.39 is 6.09 Å². The molecule has 1 N–H and O–H groups in total. The molecule has 1 saturated heterocycles. The van der Waals surface area contributed by atoms with Gasteiger partial charge in [0.05, 0.1) is 36.1 Å². The summed E-state index contributed by atoms with van der Waals surface area (Å²) in [5.41, 5.74) is 4.80. The normalized spacial score (nSPS) is 18.0. The molecule has 9 heteroatoms. The zero-order chi connectivity index (χ0) is 27.9. The molecular weight excluding hydrogens is 520 g/mol. The van der Waals surface area contributed by atoms with E-state index in [1.165, 1.54) is 6.42 Å². The van der Waals surface area contributed by atoms with E-state index in [0.717, 1.165) is 91.0 Å². The van der Waals surface area contributed by atoms with Gasteiger partial charge in [-0.1, -0.05) is 17.3 Å². The maximum Gasteiger partial charge on any atom is 0.411 e. The molecule has 0 spiro atoms. The molecule has 0 unspecified atom stereocenters. The number of aromatic nitrogens is 3. The molecule has 2 aromatic heterocycles. The number of anilines is 1. The number of amides is 1. The third-order valence-corrected chi connectivity index (χ3v) is 8.23. The summed E-state index contributed by atoms with van der Waals surface area (Å²) in [5.74, 6) is 2.60. The molecule has 1 aliphatic heterocycles. The van der Waals surface area contributed by atoms with E-state index in [2.05, 4.69) is 33.2 Å². The van der Waals surface area contributed by atoms with Gasteiger partial charge in [0, 0.05) is 41.9 Å². The van der Waals surface area contributed by atoms with E-state index in [0.29, 0.717) is 23.5 Å². The van der Waals surface area contributed by atoms with Crippen molar-refractivity contribution < 1.29 is 23.5 Å². The van der Waals surface area contributed by atoms with Crippen LogP contribution in [0, 0.1) is 0 Å². The Balaban J connectivity index is 1.33. The van der Waals surface area contributed by atoms with Crippen LogP contribution in [0.1, 0.15) is 76.6 Å². The van der Waals surface area contributed by atoms with Crippen LogP contribution in [0.15, 0.2) is 47.0 Å². The van der Waals surface area contributed by atoms with Crippen LogP contribution >= 0.6 is 0 Å². The molecule has 7 rings (SSSR count). The van der Waals surface area contributed by atoms with Crippen molar-refractivity contribution in [2.75, 3.05) is 18.5 Å². The standard InChI is InChI=1S/C32H36N4O5/c1-19(2)39-32(37)33-22-10-8-20(9-11-22)29-28(31-34-30(35-41-31)21-6-7-21)26-13-12-25(40-24-14-16-38-17-15-24)18-27(26)36(29)23-4-3-5-23/h8-13,18-19,21,23-24H,3-7,14-17H2,1-2H3,(H,33,37). The molecule has 4 aromatic rings. The molecule has 0 bridgehead atoms. The zero-order valence-corrected chi connectivity index (χ0v) is 23.6. The van der Waals surface area contributed by atoms with Crippen LogP contribution in [-0.4, -0.2) is 46.2 Å². The number of nitrogens with one attached hydrogen (secondary N) is 1. The Labute approximate surface area is 239 Å². The first-order chi connectivity index (χ1) is 20.0. The summed E-state index contributed by atoms with van der Waals surface area (Å²) in [6.45, 7) is 5.13. The predicted octanol–water partition coefficient (Wildman–Crippen LogP) is 7.48. The van der Waals surface area contributed by atoms with Gasteiger partial charge in [-0.15, -0.1) is 0 Å². The van der Waals surface area contributed by atoms with Crippen molar-refractivity contribution >= 4 is 22.7 Å². The van der Waals surface area contributed by atoms with Crippen LogP contribution in [0.2, 0.25) is 0 Å². The summed E-state index contributed by atoms with van der Waals surface area (Å²) in [6.07, 6.45) is 6.93. The highest BCUT2D eigenvalue weighted by molar-refractivity contribution is 6.03. The number of nitrogens with zero attached hydrogens (tertiary/aromatic N) is 3. The SMILES string of the molecule is CC(C)OC(=O)Nc1ccc(-c2c(-c3nc(C4CC4)no3)c3ccc(OC4CCOCC4)cc3n2C2CCC2)cc1. The number of carbonyl (C=O) groups is 1. The maximum absolute atomic E-state index is 12.2. The minimum atomic E-state index is -0.465. The topological polar surface area (TPSA) is 101 Å². The molecule has 1 amide bonds. The Hall–Kier alpha value is -3.85. The Kier molecular flexibility index (Phi) is 6.90. The van der Waals surface area contributed by atoms with Gasteiger partial charge >= 0.3 is 6.09 Å². The van der Waals surface area contributed by atoms with Gasteiger partial charge in [0.2, 0.25) is 0 Å². The van der Waals surface area contributed by atoms with Crippen LogP contribution in [0.25, 0.3) is 33.6 Å². The summed E-state index contributed by atoms with van der Waals surface area (Å²) in [5, 5.41) is 8.24. The van der Waals surface area contributed by atoms with E-state index in [-0.39, 0.29) is 12.2 Å². The van der Waals surface area contributed by atoms with Gasteiger partial charge in [0.15, 0.2) is 5.82 Å². The first-order valence-corrected chi connectivity index (χ1v) is 14.9. The Morgan fingerprint density at radius 2 is 1.80 bits per heavy atom. The van der Waals surface area contributed by atoms with Crippen molar-refractivity contribution in [3.63, 3.8) is 0 Å². The lowest BCUT2D eigenvalue weighted by Gasteiger charge is -2.30. The van der Waals surface area contributed by atoms with Crippen molar-refractivity contribution in [2.24, 2.45) is 0 Å². The predicted molar refractivity (Wildman–Crippen MR) is 155 cm³/mol. The largest absolute Gasteiger partial charge is 0.490 e. The summed E-state index contributed by atoms with van der Waals surface area (Å²) >= 11 is 0. The first-order valence-electron chi connectivity index (χ1n) is 14.9. The van der Waals surface area contributed by atoms with Crippen LogP contribution in [0.4, 0.5) is 10.5 Å². The molecule has 41 heavy (non-hydrogen) atoms. The van der Waals surface area contributed by atoms with Crippen molar-refractivity contribution in [1.29, 1.82) is 0 Å². The number of ether oxygens (including phenoxy) is 3. The Bertz CT molecular complexity index is 1540. The van der Waals surface area contributed by atoms with Gasteiger partial charge in [0.25, 0.3) is 5.89 Å². The molecule has 214 valence electrons. The lowest BCUT2D eigenvalue weighted by molar-refractivity contribution is 0.0256. The van der Waals surface area contributed by atoms with Crippen LogP contribution in [0.5, 0.6) is 5.75 Å². The van der Waals surface area contributed by atoms with Crippen molar-refractivity contribution in [3.05, 3.63) is 48.3 Å². The Morgan fingerprint density at radius 1 is 1.02 bits per heavy atom. The summed E-state index contributed by atoms with van der Waals surface area (Å²) < 4.78 is 25.6. The molecule has 0 radical (unpaired) electrons. The molecule has 3 heterocycles. The van der Waals surface area contributed by atoms with Gasteiger partial charge in [-0.2, -0.15) is 4.98 Å². The number of hydrogen-bond acceptors (Lipinski definition) is 7. The Morgan fingerprint density at radius 3 is 2.49 bits per heavy atom. The number of hydrogen-bond donors (Lipinski definition) is 1. The van der Waals surface area contributed by atoms with E-state index in [1.54, 1.807) is 0 Å². The third kappa shape index (κ3) is 5.30. The number of carbonyl (C=O) groups excluding carboxylic acids is 1. The average Bonchev–Trinajstić information content (AvgIpc) is 3.58. The zero-order valence-electron chi connectivity index (χ0n) is 23.6. The molecule has 3 aliphatic rings. The lowest BCUT2D eigenvalue weighted by atomic mass is 9.92. The quantitative estimate of drug-likeness (QED) is 0.240. The van der Waals surface area contributed by atoms with Gasteiger partial charge in [-0.3, -0.25) is 5.32 Å². The minimum Gasteiger partial charge on any atom is -0.490 e. The number of fused-ring (bicyclic) bond motifs is 1. The monoisotopic (exact) mass is 556 g/mol. The van der Waals surface area contributed by atoms with E-state index in [1.807, 2.05) is 38.1 Å². The molecule has 2 saturated carbocycles. The second kappa shape index (κ2) is 10.9. The average molecular weight is 557 g/mol. The summed E-state index contributed by atoms with van der Waals surface area (Å²) in [6, 6.07) is 14.6. The van der Waals surface area contributed by atoms with Gasteiger partial charge in [-0.05, 0) is 75.8 Å². The van der Waals surface area contributed by atoms with E-state index in [4.69, 9.17) is 23.7 Å². The summed E-state index contributed by atoms with van der Waals surface area (Å²) in [4.78, 5) is 17.1. The van der Waals surface area contributed by atoms with Gasteiger partial charge in [-0.25, -0.2) is 4.79 Å². The number of rotatable bonds is 8. The van der Waals surface area contributed by atoms with Crippen LogP contribution in [-0.2, 0) is 9.47 Å².